The fourth-order valence-corrected chi connectivity index (χ4v) is 3.54. The Balaban J connectivity index is 2.23. The predicted octanol–water partition coefficient (Wildman–Crippen LogP) is 4.99. The van der Waals surface area contributed by atoms with Crippen molar-refractivity contribution in [2.24, 2.45) is 0 Å². The molecule has 3 N–H and O–H groups in total. The first-order chi connectivity index (χ1) is 13.0. The maximum absolute atomic E-state index is 12.2. The number of amides is 2. The van der Waals surface area contributed by atoms with Crippen molar-refractivity contribution in [3.05, 3.63) is 35.7 Å². The molecule has 6 nitrogen and oxygen atoms in total. The lowest BCUT2D eigenvalue weighted by atomic mass is 10.1. The first kappa shape index (κ1) is 20.9. The zero-order valence-corrected chi connectivity index (χ0v) is 17.0. The molecular formula is C19H23N3O3S2. The van der Waals surface area contributed by atoms with E-state index in [0.29, 0.717) is 17.1 Å². The van der Waals surface area contributed by atoms with Crippen LogP contribution in [0.15, 0.2) is 35.7 Å². The van der Waals surface area contributed by atoms with Crippen LogP contribution in [0.5, 0.6) is 0 Å². The summed E-state index contributed by atoms with van der Waals surface area (Å²) in [5.41, 5.74) is 2.51. The van der Waals surface area contributed by atoms with Gasteiger partial charge < -0.3 is 15.4 Å². The lowest BCUT2D eigenvalue weighted by Gasteiger charge is -2.13. The number of methoxy groups -OCH3 is 1. The number of thiophene rings is 1. The average molecular weight is 406 g/mol. The molecule has 2 rings (SSSR count). The lowest BCUT2D eigenvalue weighted by Crippen LogP contribution is -2.34. The molecule has 0 radical (unpaired) electrons. The molecule has 1 aromatic carbocycles. The monoisotopic (exact) mass is 405 g/mol. The van der Waals surface area contributed by atoms with Crippen molar-refractivity contribution in [1.29, 1.82) is 0 Å². The Hall–Kier alpha value is -2.45. The number of unbranched alkanes of at least 4 members (excludes halogenated alkanes) is 2. The highest BCUT2D eigenvalue weighted by atomic mass is 32.1. The van der Waals surface area contributed by atoms with Crippen LogP contribution in [0.4, 0.5) is 15.5 Å². The van der Waals surface area contributed by atoms with E-state index < -0.39 is 6.09 Å². The van der Waals surface area contributed by atoms with Crippen LogP contribution in [0.1, 0.15) is 32.6 Å². The molecule has 0 aliphatic carbocycles. The van der Waals surface area contributed by atoms with E-state index in [1.807, 2.05) is 35.7 Å². The van der Waals surface area contributed by atoms with Crippen LogP contribution in [0.2, 0.25) is 0 Å². The minimum atomic E-state index is -0.658. The second kappa shape index (κ2) is 10.6. The number of rotatable bonds is 7. The standard InChI is InChI=1S/C19H23N3O3S2/c1-3-4-6-11-15(23)20-17-16(21-18(26)22-19(24)25-2)14(12-27-17)13-9-7-5-8-10-13/h5,7-10,12H,3-4,6,11H2,1-2H3,(H,20,23)(H2,21,22,24,26). The van der Waals surface area contributed by atoms with Crippen molar-refractivity contribution < 1.29 is 14.3 Å². The van der Waals surface area contributed by atoms with Crippen LogP contribution in [0, 0.1) is 0 Å². The Labute approximate surface area is 168 Å². The molecule has 0 atom stereocenters. The van der Waals surface area contributed by atoms with Gasteiger partial charge >= 0.3 is 6.09 Å². The summed E-state index contributed by atoms with van der Waals surface area (Å²) in [7, 11) is 1.26. The number of hydrogen-bond acceptors (Lipinski definition) is 5. The van der Waals surface area contributed by atoms with Crippen LogP contribution in [-0.2, 0) is 9.53 Å². The highest BCUT2D eigenvalue weighted by molar-refractivity contribution is 7.80. The number of hydrogen-bond donors (Lipinski definition) is 3. The first-order valence-corrected chi connectivity index (χ1v) is 9.96. The summed E-state index contributed by atoms with van der Waals surface area (Å²) in [5.74, 6) is -0.0418. The summed E-state index contributed by atoms with van der Waals surface area (Å²) in [6.07, 6.45) is 2.74. The Morgan fingerprint density at radius 1 is 1.15 bits per heavy atom. The van der Waals surface area contributed by atoms with Crippen LogP contribution in [0.25, 0.3) is 11.1 Å². The third-order valence-corrected chi connectivity index (χ3v) is 4.88. The Bertz CT molecular complexity index is 791. The van der Waals surface area contributed by atoms with Crippen molar-refractivity contribution in [3.63, 3.8) is 0 Å². The molecule has 0 aliphatic heterocycles. The molecule has 0 aliphatic rings. The van der Waals surface area contributed by atoms with Gasteiger partial charge in [0.25, 0.3) is 0 Å². The number of benzene rings is 1. The lowest BCUT2D eigenvalue weighted by molar-refractivity contribution is -0.116. The van der Waals surface area contributed by atoms with Crippen LogP contribution >= 0.6 is 23.6 Å². The fraction of sp³-hybridized carbons (Fsp3) is 0.316. The molecule has 2 amide bonds. The van der Waals surface area contributed by atoms with Crippen molar-refractivity contribution in [2.75, 3.05) is 17.7 Å². The summed E-state index contributed by atoms with van der Waals surface area (Å²) in [5, 5.41) is 11.1. The number of anilines is 2. The normalized spacial score (nSPS) is 10.1. The van der Waals surface area contributed by atoms with E-state index in [4.69, 9.17) is 12.2 Å². The van der Waals surface area contributed by atoms with E-state index in [2.05, 4.69) is 27.6 Å². The van der Waals surface area contributed by atoms with Gasteiger partial charge in [-0.1, -0.05) is 50.1 Å². The van der Waals surface area contributed by atoms with Gasteiger partial charge in [-0.25, -0.2) is 4.79 Å². The molecular weight excluding hydrogens is 382 g/mol. The maximum atomic E-state index is 12.2. The summed E-state index contributed by atoms with van der Waals surface area (Å²) in [6.45, 7) is 2.10. The third kappa shape index (κ3) is 6.33. The Kier molecular flexibility index (Phi) is 8.22. The van der Waals surface area contributed by atoms with E-state index in [-0.39, 0.29) is 11.0 Å². The highest BCUT2D eigenvalue weighted by Crippen LogP contribution is 2.40. The molecule has 0 bridgehead atoms. The third-order valence-electron chi connectivity index (χ3n) is 3.78. The van der Waals surface area contributed by atoms with Gasteiger partial charge in [0.2, 0.25) is 5.91 Å². The predicted molar refractivity (Wildman–Crippen MR) is 114 cm³/mol. The number of carbonyl (C=O) groups excluding carboxylic acids is 2. The first-order valence-electron chi connectivity index (χ1n) is 8.67. The van der Waals surface area contributed by atoms with Crippen molar-refractivity contribution >= 4 is 51.4 Å². The summed E-state index contributed by atoms with van der Waals surface area (Å²) in [4.78, 5) is 23.6. The number of ether oxygens (including phenoxy) is 1. The largest absolute Gasteiger partial charge is 0.453 e. The van der Waals surface area contributed by atoms with Crippen LogP contribution in [-0.4, -0.2) is 24.2 Å². The number of thiocarbonyl (C=S) groups is 1. The van der Waals surface area contributed by atoms with Crippen LogP contribution < -0.4 is 16.0 Å². The van der Waals surface area contributed by atoms with Crippen molar-refractivity contribution in [2.45, 2.75) is 32.6 Å². The molecule has 2 aromatic rings. The Morgan fingerprint density at radius 2 is 1.89 bits per heavy atom. The molecule has 0 saturated heterocycles. The topological polar surface area (TPSA) is 79.5 Å². The number of nitrogens with one attached hydrogen (secondary N) is 3. The van der Waals surface area contributed by atoms with E-state index in [1.165, 1.54) is 18.4 Å². The molecule has 1 aromatic heterocycles. The molecule has 0 fully saturated rings. The van der Waals surface area contributed by atoms with Gasteiger partial charge in [0.1, 0.15) is 5.00 Å². The summed E-state index contributed by atoms with van der Waals surface area (Å²) in [6, 6.07) is 9.74. The molecule has 27 heavy (non-hydrogen) atoms. The van der Waals surface area contributed by atoms with Gasteiger partial charge in [-0.3, -0.25) is 10.1 Å². The SMILES string of the molecule is CCCCCC(=O)Nc1scc(-c2ccccc2)c1NC(=S)NC(=O)OC. The highest BCUT2D eigenvalue weighted by Gasteiger charge is 2.17. The van der Waals surface area contributed by atoms with Gasteiger partial charge in [0.15, 0.2) is 5.11 Å². The van der Waals surface area contributed by atoms with Crippen molar-refractivity contribution in [3.8, 4) is 11.1 Å². The van der Waals surface area contributed by atoms with E-state index in [1.54, 1.807) is 0 Å². The second-order valence-electron chi connectivity index (χ2n) is 5.80. The average Bonchev–Trinajstić information content (AvgIpc) is 3.04. The van der Waals surface area contributed by atoms with Gasteiger partial charge in [-0.05, 0) is 24.2 Å². The van der Waals surface area contributed by atoms with Gasteiger partial charge in [0, 0.05) is 17.4 Å². The summed E-state index contributed by atoms with van der Waals surface area (Å²) >= 11 is 6.59. The molecule has 0 saturated carbocycles. The molecule has 0 spiro atoms. The molecule has 0 unspecified atom stereocenters. The maximum Gasteiger partial charge on any atom is 0.413 e. The Morgan fingerprint density at radius 3 is 2.56 bits per heavy atom. The minimum absolute atomic E-state index is 0.0418. The quantitative estimate of drug-likeness (QED) is 0.447. The van der Waals surface area contributed by atoms with E-state index >= 15 is 0 Å². The minimum Gasteiger partial charge on any atom is -0.453 e. The van der Waals surface area contributed by atoms with Crippen LogP contribution in [0.3, 0.4) is 0 Å². The zero-order chi connectivity index (χ0) is 19.6. The number of carbonyl (C=O) groups is 2. The van der Waals surface area contributed by atoms with E-state index in [9.17, 15) is 9.59 Å². The van der Waals surface area contributed by atoms with Gasteiger partial charge in [0.05, 0.1) is 12.8 Å². The number of alkyl carbamates (subject to hydrolysis) is 1. The molecule has 1 heterocycles. The molecule has 8 heteroatoms. The van der Waals surface area contributed by atoms with Crippen molar-refractivity contribution in [1.82, 2.24) is 5.32 Å². The van der Waals surface area contributed by atoms with Gasteiger partial charge in [-0.2, -0.15) is 0 Å². The van der Waals surface area contributed by atoms with E-state index in [0.717, 1.165) is 30.4 Å². The second-order valence-corrected chi connectivity index (χ2v) is 7.08. The summed E-state index contributed by atoms with van der Waals surface area (Å²) < 4.78 is 4.56. The smallest absolute Gasteiger partial charge is 0.413 e. The molecule has 144 valence electrons. The zero-order valence-electron chi connectivity index (χ0n) is 15.3. The van der Waals surface area contributed by atoms with Gasteiger partial charge in [-0.15, -0.1) is 11.3 Å². The fourth-order valence-electron chi connectivity index (χ4n) is 2.42.